The van der Waals surface area contributed by atoms with Crippen LogP contribution in [0.15, 0.2) is 5.38 Å². The summed E-state index contributed by atoms with van der Waals surface area (Å²) in [5.74, 6) is -0.838. The van der Waals surface area contributed by atoms with E-state index in [9.17, 15) is 9.59 Å². The number of nitrogens with one attached hydrogen (secondary N) is 1. The molecule has 0 spiro atoms. The summed E-state index contributed by atoms with van der Waals surface area (Å²) in [6.07, 6.45) is 0.515. The molecule has 0 saturated heterocycles. The standard InChI is InChI=1S/C12H15N5O3S/c1-4-8-10(11(19)20-3)15-16-17(8)5-9(18)14-12-13-7(2)6-21-12/h6H,4-5H2,1-3H3,(H,13,14,18). The summed E-state index contributed by atoms with van der Waals surface area (Å²) in [5, 5.41) is 12.7. The molecule has 2 rings (SSSR count). The number of amides is 1. The lowest BCUT2D eigenvalue weighted by Crippen LogP contribution is -2.21. The van der Waals surface area contributed by atoms with Gasteiger partial charge in [0.2, 0.25) is 5.91 Å². The highest BCUT2D eigenvalue weighted by Crippen LogP contribution is 2.14. The first-order chi connectivity index (χ1) is 10.0. The second kappa shape index (κ2) is 6.44. The number of ether oxygens (including phenoxy) is 1. The van der Waals surface area contributed by atoms with E-state index in [1.807, 2.05) is 19.2 Å². The molecule has 0 unspecified atom stereocenters. The lowest BCUT2D eigenvalue weighted by molar-refractivity contribution is -0.117. The van der Waals surface area contributed by atoms with Crippen LogP contribution >= 0.6 is 11.3 Å². The first kappa shape index (κ1) is 15.1. The van der Waals surface area contributed by atoms with Crippen molar-refractivity contribution in [2.24, 2.45) is 0 Å². The highest BCUT2D eigenvalue weighted by molar-refractivity contribution is 7.13. The van der Waals surface area contributed by atoms with E-state index in [1.54, 1.807) is 0 Å². The molecule has 8 nitrogen and oxygen atoms in total. The van der Waals surface area contributed by atoms with Crippen LogP contribution in [0.5, 0.6) is 0 Å². The number of aryl methyl sites for hydroxylation is 1. The van der Waals surface area contributed by atoms with Gasteiger partial charge in [0, 0.05) is 5.38 Å². The Kier molecular flexibility index (Phi) is 4.63. The Bertz CT molecular complexity index is 664. The monoisotopic (exact) mass is 309 g/mol. The highest BCUT2D eigenvalue weighted by atomic mass is 32.1. The van der Waals surface area contributed by atoms with Crippen LogP contribution in [0, 0.1) is 6.92 Å². The van der Waals surface area contributed by atoms with Crippen molar-refractivity contribution in [1.82, 2.24) is 20.0 Å². The molecule has 112 valence electrons. The first-order valence-corrected chi connectivity index (χ1v) is 7.15. The molecular formula is C12H15N5O3S. The molecule has 0 saturated carbocycles. The van der Waals surface area contributed by atoms with Crippen molar-refractivity contribution in [1.29, 1.82) is 0 Å². The van der Waals surface area contributed by atoms with Crippen LogP contribution in [-0.2, 0) is 22.5 Å². The van der Waals surface area contributed by atoms with Gasteiger partial charge in [-0.1, -0.05) is 12.1 Å². The van der Waals surface area contributed by atoms with Crippen LogP contribution in [0.4, 0.5) is 5.13 Å². The summed E-state index contributed by atoms with van der Waals surface area (Å²) >= 11 is 1.35. The molecule has 1 N–H and O–H groups in total. The lowest BCUT2D eigenvalue weighted by Gasteiger charge is -2.05. The largest absolute Gasteiger partial charge is 0.464 e. The maximum absolute atomic E-state index is 12.0. The van der Waals surface area contributed by atoms with Crippen LogP contribution in [0.25, 0.3) is 0 Å². The number of hydrogen-bond donors (Lipinski definition) is 1. The van der Waals surface area contributed by atoms with Crippen LogP contribution in [0.1, 0.15) is 28.8 Å². The minimum absolute atomic E-state index is 0.0359. The van der Waals surface area contributed by atoms with Gasteiger partial charge in [-0.25, -0.2) is 14.5 Å². The molecule has 0 aromatic carbocycles. The van der Waals surface area contributed by atoms with E-state index in [2.05, 4.69) is 25.3 Å². The molecule has 0 bridgehead atoms. The summed E-state index contributed by atoms with van der Waals surface area (Å²) in [7, 11) is 1.28. The maximum atomic E-state index is 12.0. The van der Waals surface area contributed by atoms with Gasteiger partial charge in [-0.05, 0) is 13.3 Å². The Labute approximate surface area is 125 Å². The van der Waals surface area contributed by atoms with E-state index in [-0.39, 0.29) is 18.1 Å². The van der Waals surface area contributed by atoms with E-state index < -0.39 is 5.97 Å². The minimum Gasteiger partial charge on any atom is -0.464 e. The second-order valence-electron chi connectivity index (χ2n) is 4.23. The smallest absolute Gasteiger partial charge is 0.360 e. The fourth-order valence-electron chi connectivity index (χ4n) is 1.77. The van der Waals surface area contributed by atoms with Gasteiger partial charge in [0.25, 0.3) is 0 Å². The summed E-state index contributed by atoms with van der Waals surface area (Å²) in [5.41, 5.74) is 1.54. The average Bonchev–Trinajstić information content (AvgIpc) is 3.04. The molecule has 1 amide bonds. The molecule has 0 aliphatic heterocycles. The third kappa shape index (κ3) is 3.43. The quantitative estimate of drug-likeness (QED) is 0.828. The van der Waals surface area contributed by atoms with Crippen molar-refractivity contribution in [3.8, 4) is 0 Å². The third-order valence-electron chi connectivity index (χ3n) is 2.71. The predicted molar refractivity (Wildman–Crippen MR) is 76.2 cm³/mol. The van der Waals surface area contributed by atoms with Gasteiger partial charge in [-0.3, -0.25) is 4.79 Å². The minimum atomic E-state index is -0.561. The van der Waals surface area contributed by atoms with Gasteiger partial charge in [0.05, 0.1) is 18.5 Å². The van der Waals surface area contributed by atoms with E-state index in [0.29, 0.717) is 17.2 Å². The SMILES string of the molecule is CCc1c(C(=O)OC)nnn1CC(=O)Nc1nc(C)cs1. The Morgan fingerprint density at radius 1 is 1.48 bits per heavy atom. The number of hydrogen-bond acceptors (Lipinski definition) is 7. The number of carbonyl (C=O) groups is 2. The van der Waals surface area contributed by atoms with E-state index in [4.69, 9.17) is 0 Å². The second-order valence-corrected chi connectivity index (χ2v) is 5.09. The van der Waals surface area contributed by atoms with Gasteiger partial charge in [0.15, 0.2) is 10.8 Å². The molecule has 9 heteroatoms. The van der Waals surface area contributed by atoms with Crippen molar-refractivity contribution >= 4 is 28.3 Å². The number of anilines is 1. The molecule has 2 aromatic heterocycles. The third-order valence-corrected chi connectivity index (χ3v) is 3.59. The van der Waals surface area contributed by atoms with Crippen LogP contribution in [-0.4, -0.2) is 39.0 Å². The Balaban J connectivity index is 2.10. The normalized spacial score (nSPS) is 10.4. The van der Waals surface area contributed by atoms with Gasteiger partial charge < -0.3 is 10.1 Å². The Morgan fingerprint density at radius 3 is 2.81 bits per heavy atom. The molecule has 0 fully saturated rings. The zero-order chi connectivity index (χ0) is 15.4. The Hall–Kier alpha value is -2.29. The van der Waals surface area contributed by atoms with Crippen molar-refractivity contribution in [3.63, 3.8) is 0 Å². The number of carbonyl (C=O) groups excluding carboxylic acids is 2. The van der Waals surface area contributed by atoms with Crippen molar-refractivity contribution in [3.05, 3.63) is 22.5 Å². The van der Waals surface area contributed by atoms with Gasteiger partial charge >= 0.3 is 5.97 Å². The predicted octanol–water partition coefficient (Wildman–Crippen LogP) is 1.03. The van der Waals surface area contributed by atoms with Crippen molar-refractivity contribution in [2.45, 2.75) is 26.8 Å². The Morgan fingerprint density at radius 2 is 2.24 bits per heavy atom. The summed E-state index contributed by atoms with van der Waals surface area (Å²) < 4.78 is 6.02. The maximum Gasteiger partial charge on any atom is 0.360 e. The number of aromatic nitrogens is 4. The van der Waals surface area contributed by atoms with E-state index >= 15 is 0 Å². The van der Waals surface area contributed by atoms with Crippen molar-refractivity contribution in [2.75, 3.05) is 12.4 Å². The van der Waals surface area contributed by atoms with Crippen LogP contribution in [0.3, 0.4) is 0 Å². The number of esters is 1. The number of nitrogens with zero attached hydrogens (tertiary/aromatic N) is 4. The van der Waals surface area contributed by atoms with Crippen LogP contribution in [0.2, 0.25) is 0 Å². The van der Waals surface area contributed by atoms with Gasteiger partial charge in [-0.15, -0.1) is 16.4 Å². The number of rotatable bonds is 5. The molecular weight excluding hydrogens is 294 g/mol. The van der Waals surface area contributed by atoms with E-state index in [1.165, 1.54) is 23.1 Å². The molecule has 2 aromatic rings. The zero-order valence-corrected chi connectivity index (χ0v) is 12.7. The molecule has 0 radical (unpaired) electrons. The summed E-state index contributed by atoms with van der Waals surface area (Å²) in [4.78, 5) is 27.6. The molecule has 0 aliphatic carbocycles. The molecule has 2 heterocycles. The van der Waals surface area contributed by atoms with Crippen LogP contribution < -0.4 is 5.32 Å². The number of thiazole rings is 1. The summed E-state index contributed by atoms with van der Waals surface area (Å²) in [6.45, 7) is 3.66. The molecule has 0 aliphatic rings. The molecule has 0 atom stereocenters. The lowest BCUT2D eigenvalue weighted by atomic mass is 10.2. The fourth-order valence-corrected chi connectivity index (χ4v) is 2.48. The fraction of sp³-hybridized carbons (Fsp3) is 0.417. The highest BCUT2D eigenvalue weighted by Gasteiger charge is 2.20. The zero-order valence-electron chi connectivity index (χ0n) is 11.9. The van der Waals surface area contributed by atoms with Gasteiger partial charge in [0.1, 0.15) is 6.54 Å². The molecule has 21 heavy (non-hydrogen) atoms. The number of methoxy groups -OCH3 is 1. The topological polar surface area (TPSA) is 99.0 Å². The van der Waals surface area contributed by atoms with Crippen molar-refractivity contribution < 1.29 is 14.3 Å². The van der Waals surface area contributed by atoms with Gasteiger partial charge in [-0.2, -0.15) is 0 Å². The first-order valence-electron chi connectivity index (χ1n) is 6.27. The average molecular weight is 309 g/mol. The summed E-state index contributed by atoms with van der Waals surface area (Å²) in [6, 6.07) is 0. The van der Waals surface area contributed by atoms with E-state index in [0.717, 1.165) is 5.69 Å².